The van der Waals surface area contributed by atoms with Crippen molar-refractivity contribution in [3.63, 3.8) is 0 Å². The van der Waals surface area contributed by atoms with E-state index in [1.54, 1.807) is 13.8 Å². The summed E-state index contributed by atoms with van der Waals surface area (Å²) in [6, 6.07) is 9.29. The summed E-state index contributed by atoms with van der Waals surface area (Å²) in [7, 11) is -7.44. The minimum absolute atomic E-state index is 0.0792. The van der Waals surface area contributed by atoms with Crippen LogP contribution in [0.5, 0.6) is 0 Å². The van der Waals surface area contributed by atoms with Crippen molar-refractivity contribution in [2.45, 2.75) is 49.1 Å². The van der Waals surface area contributed by atoms with E-state index in [9.17, 15) is 16.8 Å². The van der Waals surface area contributed by atoms with E-state index in [0.717, 1.165) is 17.7 Å². The third kappa shape index (κ3) is 5.12. The summed E-state index contributed by atoms with van der Waals surface area (Å²) in [5.41, 5.74) is 0. The van der Waals surface area contributed by atoms with E-state index < -0.39 is 20.0 Å². The summed E-state index contributed by atoms with van der Waals surface area (Å²) in [4.78, 5) is 1.11. The van der Waals surface area contributed by atoms with Crippen molar-refractivity contribution in [1.82, 2.24) is 8.61 Å². The molecule has 0 saturated carbocycles. The number of nitrogens with zero attached hydrogens (tertiary/aromatic N) is 2. The Kier molecular flexibility index (Phi) is 7.70. The number of sulfonamides is 2. The first-order valence-electron chi connectivity index (χ1n) is 10.0. The minimum atomic E-state index is -3.81. The van der Waals surface area contributed by atoms with Crippen molar-refractivity contribution in [3.05, 3.63) is 46.7 Å². The fourth-order valence-corrected chi connectivity index (χ4v) is 7.19. The molecule has 2 aromatic rings. The van der Waals surface area contributed by atoms with Gasteiger partial charge in [-0.3, -0.25) is 0 Å². The van der Waals surface area contributed by atoms with Crippen molar-refractivity contribution in [2.24, 2.45) is 0 Å². The lowest BCUT2D eigenvalue weighted by atomic mass is 10.2. The fraction of sp³-hybridized carbons (Fsp3) is 0.500. The second-order valence-corrected chi connectivity index (χ2v) is 12.0. The van der Waals surface area contributed by atoms with Gasteiger partial charge in [-0.15, -0.1) is 11.3 Å². The number of hydrogen-bond donors (Lipinski definition) is 0. The molecule has 166 valence electrons. The zero-order chi connectivity index (χ0) is 21.8. The summed E-state index contributed by atoms with van der Waals surface area (Å²) in [5.74, 6) is 0. The topological polar surface area (TPSA) is 84.0 Å². The van der Waals surface area contributed by atoms with Gasteiger partial charge < -0.3 is 4.74 Å². The predicted octanol–water partition coefficient (Wildman–Crippen LogP) is 3.15. The second kappa shape index (κ2) is 9.88. The van der Waals surface area contributed by atoms with Crippen LogP contribution in [0.15, 0.2) is 51.6 Å². The smallest absolute Gasteiger partial charge is 0.243 e. The summed E-state index contributed by atoms with van der Waals surface area (Å²) in [6.07, 6.45) is 1.63. The SMILES string of the molecule is CCN(CC)S(=O)(=O)c1ccc(S(=O)(=O)N(Cc2cccs2)CC2CCCO2)cc1. The normalized spacial score (nSPS) is 17.8. The third-order valence-electron chi connectivity index (χ3n) is 5.15. The van der Waals surface area contributed by atoms with Gasteiger partial charge in [-0.25, -0.2) is 16.8 Å². The highest BCUT2D eigenvalue weighted by molar-refractivity contribution is 7.89. The molecule has 0 radical (unpaired) electrons. The Balaban J connectivity index is 1.88. The van der Waals surface area contributed by atoms with Crippen LogP contribution in [0.25, 0.3) is 0 Å². The number of rotatable bonds is 10. The molecule has 30 heavy (non-hydrogen) atoms. The zero-order valence-electron chi connectivity index (χ0n) is 17.2. The maximum absolute atomic E-state index is 13.4. The van der Waals surface area contributed by atoms with Crippen LogP contribution in [0.1, 0.15) is 31.6 Å². The molecule has 0 N–H and O–H groups in total. The number of ether oxygens (including phenoxy) is 1. The van der Waals surface area contributed by atoms with Crippen LogP contribution in [0.4, 0.5) is 0 Å². The molecule has 1 aromatic heterocycles. The Morgan fingerprint density at radius 2 is 1.57 bits per heavy atom. The van der Waals surface area contributed by atoms with Crippen molar-refractivity contribution in [1.29, 1.82) is 0 Å². The van der Waals surface area contributed by atoms with Crippen molar-refractivity contribution in [2.75, 3.05) is 26.2 Å². The van der Waals surface area contributed by atoms with Crippen LogP contribution in [-0.4, -0.2) is 57.8 Å². The lowest BCUT2D eigenvalue weighted by Crippen LogP contribution is -2.36. The van der Waals surface area contributed by atoms with Crippen molar-refractivity contribution < 1.29 is 21.6 Å². The fourth-order valence-electron chi connectivity index (χ4n) is 3.48. The van der Waals surface area contributed by atoms with Gasteiger partial charge in [0.05, 0.1) is 15.9 Å². The quantitative estimate of drug-likeness (QED) is 0.530. The molecule has 1 aliphatic heterocycles. The molecule has 7 nitrogen and oxygen atoms in total. The first-order chi connectivity index (χ1) is 14.3. The van der Waals surface area contributed by atoms with Crippen molar-refractivity contribution in [3.8, 4) is 0 Å². The van der Waals surface area contributed by atoms with Gasteiger partial charge in [-0.1, -0.05) is 19.9 Å². The molecule has 2 heterocycles. The monoisotopic (exact) mass is 472 g/mol. The average molecular weight is 473 g/mol. The Morgan fingerprint density at radius 3 is 2.03 bits per heavy atom. The first kappa shape index (κ1) is 23.4. The van der Waals surface area contributed by atoms with Gasteiger partial charge in [0, 0.05) is 37.7 Å². The van der Waals surface area contributed by atoms with Crippen LogP contribution >= 0.6 is 11.3 Å². The van der Waals surface area contributed by atoms with E-state index in [-0.39, 0.29) is 29.0 Å². The standard InChI is InChI=1S/C20H28N2O5S3/c1-3-21(4-2)29(23,24)19-9-11-20(12-10-19)30(25,26)22(15-17-7-5-13-27-17)16-18-8-6-14-28-18/h6,8-12,14,17H,3-5,7,13,15-16H2,1-2H3. The highest BCUT2D eigenvalue weighted by Gasteiger charge is 2.30. The second-order valence-electron chi connectivity index (χ2n) is 7.07. The average Bonchev–Trinajstić information content (AvgIpc) is 3.42. The van der Waals surface area contributed by atoms with Crippen LogP contribution < -0.4 is 0 Å². The third-order valence-corrected chi connectivity index (χ3v) is 9.90. The van der Waals surface area contributed by atoms with E-state index in [1.165, 1.54) is 44.2 Å². The molecular formula is C20H28N2O5S3. The molecule has 10 heteroatoms. The van der Waals surface area contributed by atoms with Gasteiger partial charge in [0.15, 0.2) is 0 Å². The maximum Gasteiger partial charge on any atom is 0.243 e. The molecule has 0 spiro atoms. The molecule has 1 unspecified atom stereocenters. The highest BCUT2D eigenvalue weighted by Crippen LogP contribution is 2.25. The number of thiophene rings is 1. The Labute approximate surface area is 183 Å². The molecule has 1 saturated heterocycles. The van der Waals surface area contributed by atoms with Gasteiger partial charge in [0.1, 0.15) is 0 Å². The summed E-state index contributed by atoms with van der Waals surface area (Å²) in [6.45, 7) is 5.44. The summed E-state index contributed by atoms with van der Waals surface area (Å²) < 4.78 is 60.5. The molecule has 0 aliphatic carbocycles. The van der Waals surface area contributed by atoms with Crippen molar-refractivity contribution >= 4 is 31.4 Å². The van der Waals surface area contributed by atoms with Gasteiger partial charge >= 0.3 is 0 Å². The Hall–Kier alpha value is -1.30. The highest BCUT2D eigenvalue weighted by atomic mass is 32.2. The van der Waals surface area contributed by atoms with E-state index in [4.69, 9.17) is 4.74 Å². The maximum atomic E-state index is 13.4. The van der Waals surface area contributed by atoms with Gasteiger partial charge in [-0.2, -0.15) is 8.61 Å². The van der Waals surface area contributed by atoms with Gasteiger partial charge in [0.25, 0.3) is 0 Å². The predicted molar refractivity (Wildman–Crippen MR) is 117 cm³/mol. The zero-order valence-corrected chi connectivity index (χ0v) is 19.7. The molecule has 1 aromatic carbocycles. The van der Waals surface area contributed by atoms with Crippen LogP contribution in [0.3, 0.4) is 0 Å². The molecule has 1 aliphatic rings. The van der Waals surface area contributed by atoms with Crippen LogP contribution in [-0.2, 0) is 31.3 Å². The summed E-state index contributed by atoms with van der Waals surface area (Å²) >= 11 is 1.50. The molecule has 3 rings (SSSR count). The van der Waals surface area contributed by atoms with Gasteiger partial charge in [-0.05, 0) is 48.6 Å². The largest absolute Gasteiger partial charge is 0.377 e. The summed E-state index contributed by atoms with van der Waals surface area (Å²) in [5, 5.41) is 1.92. The van der Waals surface area contributed by atoms with E-state index >= 15 is 0 Å². The Morgan fingerprint density at radius 1 is 0.967 bits per heavy atom. The minimum Gasteiger partial charge on any atom is -0.377 e. The number of benzene rings is 1. The number of hydrogen-bond acceptors (Lipinski definition) is 6. The van der Waals surface area contributed by atoms with Crippen LogP contribution in [0, 0.1) is 0 Å². The Bertz CT molecular complexity index is 1010. The first-order valence-corrected chi connectivity index (χ1v) is 13.8. The lowest BCUT2D eigenvalue weighted by Gasteiger charge is -2.24. The van der Waals surface area contributed by atoms with Gasteiger partial charge in [0.2, 0.25) is 20.0 Å². The van der Waals surface area contributed by atoms with Crippen LogP contribution in [0.2, 0.25) is 0 Å². The molecule has 1 fully saturated rings. The lowest BCUT2D eigenvalue weighted by molar-refractivity contribution is 0.0927. The molecule has 0 amide bonds. The van der Waals surface area contributed by atoms with E-state index in [2.05, 4.69) is 0 Å². The van der Waals surface area contributed by atoms with E-state index in [0.29, 0.717) is 19.7 Å². The molecule has 1 atom stereocenters. The molecular weight excluding hydrogens is 444 g/mol. The molecule has 0 bridgehead atoms. The van der Waals surface area contributed by atoms with E-state index in [1.807, 2.05) is 17.5 Å².